The van der Waals surface area contributed by atoms with Gasteiger partial charge < -0.3 is 5.73 Å². The van der Waals surface area contributed by atoms with Crippen LogP contribution in [0.4, 0.5) is 0 Å². The summed E-state index contributed by atoms with van der Waals surface area (Å²) in [7, 11) is 0. The highest BCUT2D eigenvalue weighted by molar-refractivity contribution is 7.13. The predicted octanol–water partition coefficient (Wildman–Crippen LogP) is 3.35. The average Bonchev–Trinajstić information content (AvgIpc) is 2.66. The SMILES string of the molecule is CC(N)Cc1csc(-c2ccc(Cl)cc2)n1. The van der Waals surface area contributed by atoms with E-state index in [2.05, 4.69) is 10.4 Å². The Labute approximate surface area is 104 Å². The first-order chi connectivity index (χ1) is 7.65. The lowest BCUT2D eigenvalue weighted by atomic mass is 10.2. The number of nitrogens with zero attached hydrogens (tertiary/aromatic N) is 1. The summed E-state index contributed by atoms with van der Waals surface area (Å²) >= 11 is 7.48. The molecule has 1 unspecified atom stereocenters. The number of rotatable bonds is 3. The number of hydrogen-bond donors (Lipinski definition) is 1. The lowest BCUT2D eigenvalue weighted by Gasteiger charge is -2.00. The van der Waals surface area contributed by atoms with Crippen LogP contribution in [-0.4, -0.2) is 11.0 Å². The van der Waals surface area contributed by atoms with Crippen LogP contribution >= 0.6 is 22.9 Å². The first-order valence-electron chi connectivity index (χ1n) is 5.11. The van der Waals surface area contributed by atoms with Gasteiger partial charge in [0, 0.05) is 28.4 Å². The second-order valence-corrected chi connectivity index (χ2v) is 5.13. The fourth-order valence-corrected chi connectivity index (χ4v) is 2.42. The van der Waals surface area contributed by atoms with Gasteiger partial charge in [-0.3, -0.25) is 0 Å². The zero-order valence-electron chi connectivity index (χ0n) is 8.98. The van der Waals surface area contributed by atoms with E-state index in [0.717, 1.165) is 27.7 Å². The van der Waals surface area contributed by atoms with Gasteiger partial charge in [-0.1, -0.05) is 23.7 Å². The molecule has 0 saturated carbocycles. The molecule has 1 atom stereocenters. The second kappa shape index (κ2) is 4.95. The smallest absolute Gasteiger partial charge is 0.123 e. The third kappa shape index (κ3) is 2.82. The standard InChI is InChI=1S/C12H13ClN2S/c1-8(14)6-11-7-16-12(15-11)9-2-4-10(13)5-3-9/h2-5,7-8H,6,14H2,1H3. The normalized spacial score (nSPS) is 12.7. The largest absolute Gasteiger partial charge is 0.328 e. The summed E-state index contributed by atoms with van der Waals surface area (Å²) in [4.78, 5) is 4.55. The molecule has 16 heavy (non-hydrogen) atoms. The van der Waals surface area contributed by atoms with E-state index in [9.17, 15) is 0 Å². The van der Waals surface area contributed by atoms with Crippen molar-refractivity contribution in [1.29, 1.82) is 0 Å². The van der Waals surface area contributed by atoms with Crippen molar-refractivity contribution in [2.75, 3.05) is 0 Å². The molecule has 2 nitrogen and oxygen atoms in total. The highest BCUT2D eigenvalue weighted by atomic mass is 35.5. The zero-order valence-corrected chi connectivity index (χ0v) is 10.6. The van der Waals surface area contributed by atoms with Crippen molar-refractivity contribution in [2.24, 2.45) is 5.73 Å². The van der Waals surface area contributed by atoms with Gasteiger partial charge in [-0.25, -0.2) is 4.98 Å². The number of aromatic nitrogens is 1. The molecule has 1 aromatic heterocycles. The van der Waals surface area contributed by atoms with Crippen molar-refractivity contribution in [3.8, 4) is 10.6 Å². The number of nitrogens with two attached hydrogens (primary N) is 1. The second-order valence-electron chi connectivity index (χ2n) is 3.83. The topological polar surface area (TPSA) is 38.9 Å². The third-order valence-electron chi connectivity index (χ3n) is 2.17. The fourth-order valence-electron chi connectivity index (χ4n) is 1.46. The molecule has 1 heterocycles. The van der Waals surface area contributed by atoms with Gasteiger partial charge in [-0.2, -0.15) is 0 Å². The van der Waals surface area contributed by atoms with Crippen molar-refractivity contribution in [3.63, 3.8) is 0 Å². The summed E-state index contributed by atoms with van der Waals surface area (Å²) in [5.74, 6) is 0. The van der Waals surface area contributed by atoms with E-state index in [1.807, 2.05) is 31.2 Å². The fraction of sp³-hybridized carbons (Fsp3) is 0.250. The van der Waals surface area contributed by atoms with Crippen LogP contribution in [0.15, 0.2) is 29.6 Å². The molecule has 0 fully saturated rings. The Morgan fingerprint density at radius 1 is 1.38 bits per heavy atom. The third-order valence-corrected chi connectivity index (χ3v) is 3.37. The van der Waals surface area contributed by atoms with E-state index in [-0.39, 0.29) is 6.04 Å². The number of benzene rings is 1. The van der Waals surface area contributed by atoms with Crippen LogP contribution in [0.5, 0.6) is 0 Å². The van der Waals surface area contributed by atoms with Crippen LogP contribution in [0, 0.1) is 0 Å². The van der Waals surface area contributed by atoms with E-state index in [4.69, 9.17) is 17.3 Å². The van der Waals surface area contributed by atoms with Crippen LogP contribution in [-0.2, 0) is 6.42 Å². The van der Waals surface area contributed by atoms with E-state index in [1.54, 1.807) is 11.3 Å². The first-order valence-corrected chi connectivity index (χ1v) is 6.37. The van der Waals surface area contributed by atoms with E-state index >= 15 is 0 Å². The van der Waals surface area contributed by atoms with Gasteiger partial charge in [0.05, 0.1) is 5.69 Å². The minimum atomic E-state index is 0.153. The number of halogens is 1. The summed E-state index contributed by atoms with van der Waals surface area (Å²) in [5.41, 5.74) is 7.90. The summed E-state index contributed by atoms with van der Waals surface area (Å²) < 4.78 is 0. The Bertz CT molecular complexity index is 462. The molecule has 4 heteroatoms. The molecule has 0 saturated heterocycles. The zero-order chi connectivity index (χ0) is 11.5. The first kappa shape index (κ1) is 11.6. The summed E-state index contributed by atoms with van der Waals surface area (Å²) in [5, 5.41) is 3.83. The van der Waals surface area contributed by atoms with Crippen LogP contribution in [0.2, 0.25) is 5.02 Å². The Morgan fingerprint density at radius 3 is 2.69 bits per heavy atom. The minimum Gasteiger partial charge on any atom is -0.328 e. The highest BCUT2D eigenvalue weighted by Gasteiger charge is 2.06. The van der Waals surface area contributed by atoms with Crippen LogP contribution in [0.25, 0.3) is 10.6 Å². The van der Waals surface area contributed by atoms with Crippen LogP contribution in [0.1, 0.15) is 12.6 Å². The van der Waals surface area contributed by atoms with Crippen molar-refractivity contribution < 1.29 is 0 Å². The molecule has 2 aromatic rings. The maximum absolute atomic E-state index is 5.84. The van der Waals surface area contributed by atoms with Crippen molar-refractivity contribution in [1.82, 2.24) is 4.98 Å². The molecule has 84 valence electrons. The summed E-state index contributed by atoms with van der Waals surface area (Å²) in [6, 6.07) is 7.88. The van der Waals surface area contributed by atoms with Gasteiger partial charge in [0.15, 0.2) is 0 Å². The van der Waals surface area contributed by atoms with Gasteiger partial charge >= 0.3 is 0 Å². The molecule has 0 bridgehead atoms. The Morgan fingerprint density at radius 2 is 2.06 bits per heavy atom. The molecule has 2 rings (SSSR count). The van der Waals surface area contributed by atoms with Gasteiger partial charge in [-0.15, -0.1) is 11.3 Å². The van der Waals surface area contributed by atoms with Gasteiger partial charge in [-0.05, 0) is 19.1 Å². The lowest BCUT2D eigenvalue weighted by Crippen LogP contribution is -2.17. The molecule has 2 N–H and O–H groups in total. The van der Waals surface area contributed by atoms with Gasteiger partial charge in [0.25, 0.3) is 0 Å². The molecular formula is C12H13ClN2S. The van der Waals surface area contributed by atoms with Crippen molar-refractivity contribution in [2.45, 2.75) is 19.4 Å². The summed E-state index contributed by atoms with van der Waals surface area (Å²) in [6.07, 6.45) is 0.824. The van der Waals surface area contributed by atoms with Crippen LogP contribution in [0.3, 0.4) is 0 Å². The summed E-state index contributed by atoms with van der Waals surface area (Å²) in [6.45, 7) is 1.99. The molecule has 0 radical (unpaired) electrons. The maximum atomic E-state index is 5.84. The van der Waals surface area contributed by atoms with Crippen molar-refractivity contribution in [3.05, 3.63) is 40.4 Å². The van der Waals surface area contributed by atoms with E-state index in [1.165, 1.54) is 0 Å². The Hall–Kier alpha value is -0.900. The molecular weight excluding hydrogens is 240 g/mol. The molecule has 0 spiro atoms. The van der Waals surface area contributed by atoms with Crippen molar-refractivity contribution >= 4 is 22.9 Å². The molecule has 0 aliphatic carbocycles. The van der Waals surface area contributed by atoms with Gasteiger partial charge in [0.1, 0.15) is 5.01 Å². The lowest BCUT2D eigenvalue weighted by molar-refractivity contribution is 0.726. The monoisotopic (exact) mass is 252 g/mol. The van der Waals surface area contributed by atoms with E-state index in [0.29, 0.717) is 0 Å². The van der Waals surface area contributed by atoms with E-state index < -0.39 is 0 Å². The number of thiazole rings is 1. The van der Waals surface area contributed by atoms with Gasteiger partial charge in [0.2, 0.25) is 0 Å². The average molecular weight is 253 g/mol. The molecule has 0 amide bonds. The number of hydrogen-bond acceptors (Lipinski definition) is 3. The molecule has 1 aromatic carbocycles. The molecule has 0 aliphatic rings. The Balaban J connectivity index is 2.21. The quantitative estimate of drug-likeness (QED) is 0.910. The Kier molecular flexibility index (Phi) is 3.59. The van der Waals surface area contributed by atoms with Crippen LogP contribution < -0.4 is 5.73 Å². The maximum Gasteiger partial charge on any atom is 0.123 e. The highest BCUT2D eigenvalue weighted by Crippen LogP contribution is 2.25. The molecule has 0 aliphatic heterocycles. The predicted molar refractivity (Wildman–Crippen MR) is 69.9 cm³/mol. The minimum absolute atomic E-state index is 0.153.